The number of urea groups is 1. The molecule has 3 aromatic rings. The van der Waals surface area contributed by atoms with Crippen LogP contribution in [0.1, 0.15) is 35.5 Å². The third-order valence-corrected chi connectivity index (χ3v) is 6.28. The summed E-state index contributed by atoms with van der Waals surface area (Å²) in [5, 5.41) is 8.66. The summed E-state index contributed by atoms with van der Waals surface area (Å²) >= 11 is 1.60. The Labute approximate surface area is 177 Å². The molecule has 2 heterocycles. The van der Waals surface area contributed by atoms with Crippen molar-refractivity contribution >= 4 is 44.9 Å². The lowest BCUT2D eigenvalue weighted by molar-refractivity contribution is -0.116. The molecule has 0 bridgehead atoms. The second kappa shape index (κ2) is 8.66. The predicted octanol–water partition coefficient (Wildman–Crippen LogP) is 3.19. The molecule has 0 spiro atoms. The van der Waals surface area contributed by atoms with Gasteiger partial charge < -0.3 is 20.9 Å². The highest BCUT2D eigenvalue weighted by Gasteiger charge is 2.19. The Hall–Kier alpha value is -3.20. The normalized spacial score (nSPS) is 13.0. The summed E-state index contributed by atoms with van der Waals surface area (Å²) < 4.78 is 0. The van der Waals surface area contributed by atoms with E-state index < -0.39 is 0 Å². The lowest BCUT2D eigenvalue weighted by atomic mass is 9.97. The number of hydrogen-bond acceptors (Lipinski definition) is 5. The fraction of sp³-hybridized carbons (Fsp3) is 0.333. The molecule has 2 aromatic heterocycles. The van der Waals surface area contributed by atoms with E-state index in [1.54, 1.807) is 35.6 Å². The number of nitrogens with zero attached hydrogens (tertiary/aromatic N) is 1. The summed E-state index contributed by atoms with van der Waals surface area (Å²) in [4.78, 5) is 45.9. The van der Waals surface area contributed by atoms with Gasteiger partial charge in [0.1, 0.15) is 10.7 Å². The standard InChI is InChI=1S/C21H23N5O3S/c1-22-21(29)24-13-6-4-5-12(11-13)23-17(27)10-9-16-25-19(28)18-14-7-2-3-8-15(14)30-20(18)26-16/h4-6,11H,2-3,7-10H2,1H3,(H,23,27)(H2,22,24,29)(H,25,26,28). The first kappa shape index (κ1) is 20.1. The number of carbonyl (C=O) groups is 2. The van der Waals surface area contributed by atoms with E-state index >= 15 is 0 Å². The Kier molecular flexibility index (Phi) is 5.80. The van der Waals surface area contributed by atoms with E-state index in [1.807, 2.05) is 0 Å². The molecule has 9 heteroatoms. The summed E-state index contributed by atoms with van der Waals surface area (Å²) in [6, 6.07) is 6.56. The van der Waals surface area contributed by atoms with Gasteiger partial charge in [0, 0.05) is 36.1 Å². The van der Waals surface area contributed by atoms with Gasteiger partial charge in [0.05, 0.1) is 5.39 Å². The zero-order valence-electron chi connectivity index (χ0n) is 16.6. The molecule has 1 aliphatic carbocycles. The SMILES string of the molecule is CNC(=O)Nc1cccc(NC(=O)CCc2nc3sc4c(c3c(=O)[nH]2)CCCC4)c1. The number of benzene rings is 1. The van der Waals surface area contributed by atoms with E-state index in [1.165, 1.54) is 11.9 Å². The number of aryl methyl sites for hydroxylation is 3. The van der Waals surface area contributed by atoms with Crippen molar-refractivity contribution in [1.82, 2.24) is 15.3 Å². The Bertz CT molecular complexity index is 1170. The van der Waals surface area contributed by atoms with Gasteiger partial charge in [-0.1, -0.05) is 6.07 Å². The van der Waals surface area contributed by atoms with Gasteiger partial charge in [-0.3, -0.25) is 9.59 Å². The van der Waals surface area contributed by atoms with Gasteiger partial charge in [-0.2, -0.15) is 0 Å². The fourth-order valence-electron chi connectivity index (χ4n) is 3.65. The Morgan fingerprint density at radius 3 is 2.73 bits per heavy atom. The number of hydrogen-bond donors (Lipinski definition) is 4. The highest BCUT2D eigenvalue weighted by molar-refractivity contribution is 7.18. The first-order valence-corrected chi connectivity index (χ1v) is 10.8. The van der Waals surface area contributed by atoms with Crippen LogP contribution < -0.4 is 21.5 Å². The third-order valence-electron chi connectivity index (χ3n) is 5.09. The van der Waals surface area contributed by atoms with Crippen LogP contribution in [-0.2, 0) is 24.1 Å². The van der Waals surface area contributed by atoms with Crippen molar-refractivity contribution in [2.45, 2.75) is 38.5 Å². The van der Waals surface area contributed by atoms with E-state index in [2.05, 4.69) is 25.9 Å². The molecule has 30 heavy (non-hydrogen) atoms. The maximum absolute atomic E-state index is 12.6. The predicted molar refractivity (Wildman–Crippen MR) is 118 cm³/mol. The molecule has 0 fully saturated rings. The zero-order chi connectivity index (χ0) is 21.1. The number of anilines is 2. The molecule has 0 radical (unpaired) electrons. The number of H-pyrrole nitrogens is 1. The van der Waals surface area contributed by atoms with E-state index in [-0.39, 0.29) is 23.9 Å². The van der Waals surface area contributed by atoms with Crippen molar-refractivity contribution in [3.8, 4) is 0 Å². The molecular weight excluding hydrogens is 402 g/mol. The molecule has 1 aliphatic rings. The van der Waals surface area contributed by atoms with E-state index in [0.29, 0.717) is 23.6 Å². The van der Waals surface area contributed by atoms with E-state index in [9.17, 15) is 14.4 Å². The zero-order valence-corrected chi connectivity index (χ0v) is 17.4. The number of nitrogens with one attached hydrogen (secondary N) is 4. The molecule has 4 N–H and O–H groups in total. The molecule has 156 valence electrons. The van der Waals surface area contributed by atoms with Crippen LogP contribution in [0.15, 0.2) is 29.1 Å². The van der Waals surface area contributed by atoms with Gasteiger partial charge in [-0.05, 0) is 49.4 Å². The van der Waals surface area contributed by atoms with Crippen LogP contribution in [-0.4, -0.2) is 29.0 Å². The number of fused-ring (bicyclic) bond motifs is 3. The Balaban J connectivity index is 1.42. The van der Waals surface area contributed by atoms with Crippen molar-refractivity contribution in [2.75, 3.05) is 17.7 Å². The van der Waals surface area contributed by atoms with Crippen LogP contribution in [0.25, 0.3) is 10.2 Å². The first-order valence-electron chi connectivity index (χ1n) is 9.95. The Morgan fingerprint density at radius 1 is 1.17 bits per heavy atom. The maximum Gasteiger partial charge on any atom is 0.318 e. The fourth-order valence-corrected chi connectivity index (χ4v) is 4.93. The maximum atomic E-state index is 12.6. The van der Waals surface area contributed by atoms with Gasteiger partial charge in [0.2, 0.25) is 5.91 Å². The highest BCUT2D eigenvalue weighted by atomic mass is 32.1. The molecule has 0 saturated carbocycles. The summed E-state index contributed by atoms with van der Waals surface area (Å²) in [5.41, 5.74) is 2.20. The number of carbonyl (C=O) groups excluding carboxylic acids is 2. The second-order valence-corrected chi connectivity index (χ2v) is 8.32. The van der Waals surface area contributed by atoms with Crippen molar-refractivity contribution in [3.63, 3.8) is 0 Å². The quantitative estimate of drug-likeness (QED) is 0.502. The minimum Gasteiger partial charge on any atom is -0.341 e. The molecule has 0 aliphatic heterocycles. The van der Waals surface area contributed by atoms with Gasteiger partial charge in [-0.15, -0.1) is 11.3 Å². The summed E-state index contributed by atoms with van der Waals surface area (Å²) in [6.45, 7) is 0. The highest BCUT2D eigenvalue weighted by Crippen LogP contribution is 2.33. The van der Waals surface area contributed by atoms with Gasteiger partial charge in [-0.25, -0.2) is 9.78 Å². The van der Waals surface area contributed by atoms with Crippen molar-refractivity contribution in [3.05, 3.63) is 50.9 Å². The molecule has 0 unspecified atom stereocenters. The summed E-state index contributed by atoms with van der Waals surface area (Å²) in [5.74, 6) is 0.330. The topological polar surface area (TPSA) is 116 Å². The third kappa shape index (κ3) is 4.35. The van der Waals surface area contributed by atoms with Crippen molar-refractivity contribution in [2.24, 2.45) is 0 Å². The van der Waals surface area contributed by atoms with Crippen molar-refractivity contribution < 1.29 is 9.59 Å². The van der Waals surface area contributed by atoms with Crippen LogP contribution in [0.3, 0.4) is 0 Å². The van der Waals surface area contributed by atoms with Crippen LogP contribution in [0.4, 0.5) is 16.2 Å². The van der Waals surface area contributed by atoms with E-state index in [0.717, 1.165) is 41.5 Å². The molecule has 4 rings (SSSR count). The van der Waals surface area contributed by atoms with Crippen molar-refractivity contribution in [1.29, 1.82) is 0 Å². The van der Waals surface area contributed by atoms with Gasteiger partial charge in [0.25, 0.3) is 5.56 Å². The monoisotopic (exact) mass is 425 g/mol. The lowest BCUT2D eigenvalue weighted by Crippen LogP contribution is -2.24. The number of thiophene rings is 1. The largest absolute Gasteiger partial charge is 0.341 e. The molecular formula is C21H23N5O3S. The smallest absolute Gasteiger partial charge is 0.318 e. The number of amides is 3. The molecule has 3 amide bonds. The molecule has 0 saturated heterocycles. The summed E-state index contributed by atoms with van der Waals surface area (Å²) in [7, 11) is 1.53. The van der Waals surface area contributed by atoms with Gasteiger partial charge in [0.15, 0.2) is 0 Å². The average Bonchev–Trinajstić information content (AvgIpc) is 3.11. The minimum atomic E-state index is -0.334. The molecule has 8 nitrogen and oxygen atoms in total. The molecule has 0 atom stereocenters. The van der Waals surface area contributed by atoms with E-state index in [4.69, 9.17) is 0 Å². The number of aromatic amines is 1. The van der Waals surface area contributed by atoms with Crippen LogP contribution in [0, 0.1) is 0 Å². The lowest BCUT2D eigenvalue weighted by Gasteiger charge is -2.09. The number of rotatable bonds is 5. The Morgan fingerprint density at radius 2 is 1.93 bits per heavy atom. The van der Waals surface area contributed by atoms with Crippen LogP contribution in [0.2, 0.25) is 0 Å². The average molecular weight is 426 g/mol. The van der Waals surface area contributed by atoms with Gasteiger partial charge >= 0.3 is 6.03 Å². The molecule has 1 aromatic carbocycles. The number of aromatic nitrogens is 2. The second-order valence-electron chi connectivity index (χ2n) is 7.24. The summed E-state index contributed by atoms with van der Waals surface area (Å²) in [6.07, 6.45) is 4.75. The minimum absolute atomic E-state index is 0.109. The van der Waals surface area contributed by atoms with Crippen LogP contribution in [0.5, 0.6) is 0 Å². The van der Waals surface area contributed by atoms with Crippen LogP contribution >= 0.6 is 11.3 Å². The first-order chi connectivity index (χ1) is 14.5.